The van der Waals surface area contributed by atoms with Crippen LogP contribution in [0.4, 0.5) is 0 Å². The highest BCUT2D eigenvalue weighted by atomic mass is 15.3. The molecule has 1 rings (SSSR count). The molecule has 1 aromatic heterocycles. The lowest BCUT2D eigenvalue weighted by Gasteiger charge is -2.02. The van der Waals surface area contributed by atoms with Crippen molar-refractivity contribution in [3.63, 3.8) is 0 Å². The Morgan fingerprint density at radius 3 is 2.62 bits per heavy atom. The second-order valence-corrected chi connectivity index (χ2v) is 5.08. The maximum absolute atomic E-state index is 4.28. The van der Waals surface area contributed by atoms with Crippen LogP contribution < -0.4 is 0 Å². The molecular weight excluding hydrogens is 196 g/mol. The average molecular weight is 218 g/mol. The lowest BCUT2D eigenvalue weighted by atomic mass is 10.1. The lowest BCUT2D eigenvalue weighted by molar-refractivity contribution is 0.483. The van der Waals surface area contributed by atoms with Gasteiger partial charge in [0.05, 0.1) is 11.8 Å². The normalized spacial score (nSPS) is 10.6. The van der Waals surface area contributed by atoms with Crippen LogP contribution in [0.15, 0.2) is 12.4 Å². The summed E-state index contributed by atoms with van der Waals surface area (Å²) in [6.45, 7) is 9.80. The summed E-state index contributed by atoms with van der Waals surface area (Å²) in [7, 11) is 0. The molecule has 0 spiro atoms. The molecule has 0 N–H and O–H groups in total. The Balaban J connectivity index is 2.45. The number of nitrogens with zero attached hydrogens (tertiary/aromatic N) is 2. The van der Waals surface area contributed by atoms with E-state index in [1.807, 2.05) is 17.1 Å². The summed E-state index contributed by atoms with van der Waals surface area (Å²) in [6.07, 6.45) is 6.04. The van der Waals surface area contributed by atoms with Gasteiger partial charge in [0, 0.05) is 19.2 Å². The quantitative estimate of drug-likeness (QED) is 0.709. The van der Waals surface area contributed by atoms with Crippen LogP contribution in [0, 0.1) is 23.7 Å². The number of hydrogen-bond donors (Lipinski definition) is 0. The SMILES string of the molecule is CC(C)CCC#Cc1cnn(CC(C)C)c1. The van der Waals surface area contributed by atoms with Crippen LogP contribution in [0.5, 0.6) is 0 Å². The molecule has 2 heteroatoms. The summed E-state index contributed by atoms with van der Waals surface area (Å²) in [4.78, 5) is 0. The molecule has 88 valence electrons. The minimum atomic E-state index is 0.627. The van der Waals surface area contributed by atoms with Crippen LogP contribution in [-0.2, 0) is 6.54 Å². The van der Waals surface area contributed by atoms with Gasteiger partial charge < -0.3 is 0 Å². The molecule has 16 heavy (non-hydrogen) atoms. The number of rotatable bonds is 4. The molecule has 0 radical (unpaired) electrons. The third kappa shape index (κ3) is 5.02. The maximum atomic E-state index is 4.28. The summed E-state index contributed by atoms with van der Waals surface area (Å²) >= 11 is 0. The fraction of sp³-hybridized carbons (Fsp3) is 0.643. The Bertz CT molecular complexity index is 364. The molecule has 0 aliphatic carbocycles. The molecule has 0 bridgehead atoms. The van der Waals surface area contributed by atoms with Crippen molar-refractivity contribution in [2.45, 2.75) is 47.1 Å². The van der Waals surface area contributed by atoms with Gasteiger partial charge in [-0.05, 0) is 18.3 Å². The lowest BCUT2D eigenvalue weighted by Crippen LogP contribution is -2.03. The maximum Gasteiger partial charge on any atom is 0.0646 e. The van der Waals surface area contributed by atoms with Crippen molar-refractivity contribution >= 4 is 0 Å². The molecule has 0 saturated heterocycles. The van der Waals surface area contributed by atoms with Gasteiger partial charge in [0.2, 0.25) is 0 Å². The molecule has 0 unspecified atom stereocenters. The second kappa shape index (κ2) is 6.37. The van der Waals surface area contributed by atoms with Crippen LogP contribution in [0.3, 0.4) is 0 Å². The minimum Gasteiger partial charge on any atom is -0.271 e. The van der Waals surface area contributed by atoms with Crippen LogP contribution in [0.25, 0.3) is 0 Å². The highest BCUT2D eigenvalue weighted by Crippen LogP contribution is 2.03. The average Bonchev–Trinajstić information content (AvgIpc) is 2.59. The van der Waals surface area contributed by atoms with Gasteiger partial charge >= 0.3 is 0 Å². The zero-order chi connectivity index (χ0) is 12.0. The highest BCUT2D eigenvalue weighted by Gasteiger charge is 1.98. The van der Waals surface area contributed by atoms with Gasteiger partial charge in [-0.1, -0.05) is 39.5 Å². The van der Waals surface area contributed by atoms with Gasteiger partial charge in [0.1, 0.15) is 0 Å². The molecule has 0 fully saturated rings. The van der Waals surface area contributed by atoms with Crippen LogP contribution >= 0.6 is 0 Å². The molecular formula is C14H22N2. The van der Waals surface area contributed by atoms with Crippen molar-refractivity contribution in [3.8, 4) is 11.8 Å². The van der Waals surface area contributed by atoms with Gasteiger partial charge in [0.15, 0.2) is 0 Å². The fourth-order valence-corrected chi connectivity index (χ4v) is 1.43. The van der Waals surface area contributed by atoms with E-state index in [2.05, 4.69) is 44.6 Å². The van der Waals surface area contributed by atoms with Crippen LogP contribution in [0.2, 0.25) is 0 Å². The summed E-state index contributed by atoms with van der Waals surface area (Å²) in [6, 6.07) is 0. The first-order chi connectivity index (χ1) is 7.58. The Morgan fingerprint density at radius 1 is 1.25 bits per heavy atom. The molecule has 0 aromatic carbocycles. The summed E-state index contributed by atoms with van der Waals surface area (Å²) in [5, 5.41) is 4.28. The van der Waals surface area contributed by atoms with E-state index in [4.69, 9.17) is 0 Å². The van der Waals surface area contributed by atoms with Crippen molar-refractivity contribution in [2.24, 2.45) is 11.8 Å². The van der Waals surface area contributed by atoms with Crippen LogP contribution in [0.1, 0.15) is 46.1 Å². The molecule has 0 atom stereocenters. The summed E-state index contributed by atoms with van der Waals surface area (Å²) < 4.78 is 1.97. The van der Waals surface area contributed by atoms with Gasteiger partial charge in [-0.25, -0.2) is 0 Å². The molecule has 1 heterocycles. The molecule has 2 nitrogen and oxygen atoms in total. The van der Waals surface area contributed by atoms with Gasteiger partial charge in [-0.2, -0.15) is 5.10 Å². The van der Waals surface area contributed by atoms with E-state index in [0.717, 1.165) is 24.4 Å². The predicted molar refractivity (Wildman–Crippen MR) is 68.0 cm³/mol. The first-order valence-electron chi connectivity index (χ1n) is 6.09. The van der Waals surface area contributed by atoms with E-state index < -0.39 is 0 Å². The Kier molecular flexibility index (Phi) is 5.11. The number of aromatic nitrogens is 2. The molecule has 0 aliphatic heterocycles. The van der Waals surface area contributed by atoms with E-state index in [9.17, 15) is 0 Å². The zero-order valence-electron chi connectivity index (χ0n) is 10.8. The van der Waals surface area contributed by atoms with Gasteiger partial charge in [0.25, 0.3) is 0 Å². The molecule has 1 aromatic rings. The van der Waals surface area contributed by atoms with Crippen molar-refractivity contribution < 1.29 is 0 Å². The van der Waals surface area contributed by atoms with Gasteiger partial charge in [-0.3, -0.25) is 4.68 Å². The second-order valence-electron chi connectivity index (χ2n) is 5.08. The Labute approximate surface area is 99.1 Å². The Hall–Kier alpha value is -1.23. The molecule has 0 aliphatic rings. The Morgan fingerprint density at radius 2 is 2.00 bits per heavy atom. The van der Waals surface area contributed by atoms with E-state index in [-0.39, 0.29) is 0 Å². The highest BCUT2D eigenvalue weighted by molar-refractivity contribution is 5.29. The molecule has 0 saturated carbocycles. The third-order valence-corrected chi connectivity index (χ3v) is 2.26. The fourth-order valence-electron chi connectivity index (χ4n) is 1.43. The minimum absolute atomic E-state index is 0.627. The van der Waals surface area contributed by atoms with Gasteiger partial charge in [-0.15, -0.1) is 0 Å². The topological polar surface area (TPSA) is 17.8 Å². The van der Waals surface area contributed by atoms with Crippen molar-refractivity contribution in [1.82, 2.24) is 9.78 Å². The van der Waals surface area contributed by atoms with Crippen molar-refractivity contribution in [1.29, 1.82) is 0 Å². The zero-order valence-corrected chi connectivity index (χ0v) is 10.8. The van der Waals surface area contributed by atoms with E-state index in [1.54, 1.807) is 0 Å². The van der Waals surface area contributed by atoms with Crippen LogP contribution in [-0.4, -0.2) is 9.78 Å². The van der Waals surface area contributed by atoms with E-state index >= 15 is 0 Å². The third-order valence-electron chi connectivity index (χ3n) is 2.26. The van der Waals surface area contributed by atoms with Crippen molar-refractivity contribution in [3.05, 3.63) is 18.0 Å². The van der Waals surface area contributed by atoms with Crippen molar-refractivity contribution in [2.75, 3.05) is 0 Å². The first-order valence-corrected chi connectivity index (χ1v) is 6.09. The number of hydrogen-bond acceptors (Lipinski definition) is 1. The summed E-state index contributed by atoms with van der Waals surface area (Å²) in [5.41, 5.74) is 1.03. The molecule has 0 amide bonds. The van der Waals surface area contributed by atoms with E-state index in [1.165, 1.54) is 6.42 Å². The largest absolute Gasteiger partial charge is 0.271 e. The monoisotopic (exact) mass is 218 g/mol. The summed E-state index contributed by atoms with van der Waals surface area (Å²) in [5.74, 6) is 7.72. The first kappa shape index (κ1) is 12.8. The predicted octanol–water partition coefficient (Wildman–Crippen LogP) is 3.33. The smallest absolute Gasteiger partial charge is 0.0646 e. The standard InChI is InChI=1S/C14H22N2/c1-12(2)7-5-6-8-14-9-15-16(11-14)10-13(3)4/h9,11-13H,5,7,10H2,1-4H3. The van der Waals surface area contributed by atoms with E-state index in [0.29, 0.717) is 5.92 Å².